The highest BCUT2D eigenvalue weighted by molar-refractivity contribution is 7.99. The van der Waals surface area contributed by atoms with E-state index < -0.39 is 0 Å². The smallest absolute Gasteiger partial charge is 0.0198 e. The van der Waals surface area contributed by atoms with Crippen molar-refractivity contribution in [2.24, 2.45) is 0 Å². The lowest BCUT2D eigenvalue weighted by Gasteiger charge is -2.31. The van der Waals surface area contributed by atoms with Crippen molar-refractivity contribution in [3.63, 3.8) is 0 Å². The standard InChI is InChI=1S/C12H26N2S/c1-14(2)10-6-9-13-11-7-4-5-8-12(11)15-3/h11-13H,4-10H2,1-3H3. The zero-order valence-corrected chi connectivity index (χ0v) is 11.3. The summed E-state index contributed by atoms with van der Waals surface area (Å²) in [5.41, 5.74) is 0. The lowest BCUT2D eigenvalue weighted by atomic mass is 9.95. The van der Waals surface area contributed by atoms with Gasteiger partial charge >= 0.3 is 0 Å². The second-order valence-corrected chi connectivity index (χ2v) is 5.85. The summed E-state index contributed by atoms with van der Waals surface area (Å²) in [6, 6.07) is 0.774. The van der Waals surface area contributed by atoms with Crippen LogP contribution in [0.15, 0.2) is 0 Å². The molecule has 2 nitrogen and oxygen atoms in total. The van der Waals surface area contributed by atoms with Crippen LogP contribution >= 0.6 is 11.8 Å². The van der Waals surface area contributed by atoms with Crippen molar-refractivity contribution >= 4 is 11.8 Å². The van der Waals surface area contributed by atoms with Gasteiger partial charge in [-0.25, -0.2) is 0 Å². The average Bonchev–Trinajstić information content (AvgIpc) is 2.24. The number of hydrogen-bond donors (Lipinski definition) is 1. The molecule has 0 aromatic rings. The largest absolute Gasteiger partial charge is 0.313 e. The molecule has 90 valence electrons. The molecule has 0 radical (unpaired) electrons. The molecule has 0 spiro atoms. The monoisotopic (exact) mass is 230 g/mol. The molecule has 2 atom stereocenters. The van der Waals surface area contributed by atoms with Crippen LogP contribution in [0.1, 0.15) is 32.1 Å². The molecule has 1 aliphatic rings. The maximum Gasteiger partial charge on any atom is 0.0198 e. The van der Waals surface area contributed by atoms with E-state index in [1.54, 1.807) is 0 Å². The van der Waals surface area contributed by atoms with E-state index in [1.165, 1.54) is 45.2 Å². The molecular formula is C12H26N2S. The summed E-state index contributed by atoms with van der Waals surface area (Å²) in [7, 11) is 4.29. The van der Waals surface area contributed by atoms with Gasteiger partial charge in [-0.1, -0.05) is 12.8 Å². The molecule has 2 unspecified atom stereocenters. The minimum Gasteiger partial charge on any atom is -0.313 e. The first-order valence-corrected chi connectivity index (χ1v) is 7.43. The number of rotatable bonds is 6. The summed E-state index contributed by atoms with van der Waals surface area (Å²) < 4.78 is 0. The van der Waals surface area contributed by atoms with Crippen LogP contribution < -0.4 is 5.32 Å². The Morgan fingerprint density at radius 2 is 2.00 bits per heavy atom. The lowest BCUT2D eigenvalue weighted by Crippen LogP contribution is -2.41. The summed E-state index contributed by atoms with van der Waals surface area (Å²) in [4.78, 5) is 2.26. The van der Waals surface area contributed by atoms with Crippen LogP contribution in [-0.4, -0.2) is 49.6 Å². The van der Waals surface area contributed by atoms with Gasteiger partial charge in [-0.2, -0.15) is 11.8 Å². The Morgan fingerprint density at radius 3 is 2.67 bits per heavy atom. The summed E-state index contributed by atoms with van der Waals surface area (Å²) in [6.07, 6.45) is 9.17. The molecule has 1 aliphatic carbocycles. The van der Waals surface area contributed by atoms with Crippen LogP contribution in [0.3, 0.4) is 0 Å². The topological polar surface area (TPSA) is 15.3 Å². The van der Waals surface area contributed by atoms with E-state index in [1.807, 2.05) is 11.8 Å². The SMILES string of the molecule is CSC1CCCCC1NCCCN(C)C. The first-order chi connectivity index (χ1) is 7.24. The number of thioether (sulfide) groups is 1. The van der Waals surface area contributed by atoms with Crippen molar-refractivity contribution in [3.05, 3.63) is 0 Å². The molecule has 0 aromatic heterocycles. The number of hydrogen-bond acceptors (Lipinski definition) is 3. The predicted molar refractivity (Wildman–Crippen MR) is 70.7 cm³/mol. The molecule has 0 aromatic carbocycles. The molecule has 0 bridgehead atoms. The van der Waals surface area contributed by atoms with Gasteiger partial charge in [-0.3, -0.25) is 0 Å². The first kappa shape index (κ1) is 13.3. The minimum atomic E-state index is 0.774. The molecule has 0 heterocycles. The first-order valence-electron chi connectivity index (χ1n) is 6.15. The Bertz CT molecular complexity index is 162. The van der Waals surface area contributed by atoms with Gasteiger partial charge in [0.05, 0.1) is 0 Å². The molecule has 1 saturated carbocycles. The summed E-state index contributed by atoms with van der Waals surface area (Å²) >= 11 is 2.05. The van der Waals surface area contributed by atoms with Crippen molar-refractivity contribution in [3.8, 4) is 0 Å². The molecule has 0 amide bonds. The third kappa shape index (κ3) is 5.23. The van der Waals surface area contributed by atoms with Gasteiger partial charge in [-0.05, 0) is 52.7 Å². The molecular weight excluding hydrogens is 204 g/mol. The maximum absolute atomic E-state index is 3.73. The third-order valence-electron chi connectivity index (χ3n) is 3.19. The van der Waals surface area contributed by atoms with E-state index in [4.69, 9.17) is 0 Å². The van der Waals surface area contributed by atoms with Gasteiger partial charge in [-0.15, -0.1) is 0 Å². The molecule has 1 N–H and O–H groups in total. The van der Waals surface area contributed by atoms with Gasteiger partial charge in [0.1, 0.15) is 0 Å². The summed E-state index contributed by atoms with van der Waals surface area (Å²) in [5, 5.41) is 4.59. The van der Waals surface area contributed by atoms with Crippen molar-refractivity contribution < 1.29 is 0 Å². The summed E-state index contributed by atoms with van der Waals surface area (Å²) in [6.45, 7) is 2.38. The van der Waals surface area contributed by atoms with Gasteiger partial charge < -0.3 is 10.2 Å². The Hall–Kier alpha value is 0.270. The second kappa shape index (κ2) is 7.53. The highest BCUT2D eigenvalue weighted by atomic mass is 32.2. The highest BCUT2D eigenvalue weighted by Gasteiger charge is 2.23. The Morgan fingerprint density at radius 1 is 1.27 bits per heavy atom. The Labute approximate surface area is 99.2 Å². The van der Waals surface area contributed by atoms with Crippen LogP contribution in [0, 0.1) is 0 Å². The van der Waals surface area contributed by atoms with E-state index in [-0.39, 0.29) is 0 Å². The normalized spacial score (nSPS) is 27.2. The number of nitrogens with one attached hydrogen (secondary N) is 1. The fraction of sp³-hybridized carbons (Fsp3) is 1.00. The van der Waals surface area contributed by atoms with Crippen LogP contribution in [0.4, 0.5) is 0 Å². The van der Waals surface area contributed by atoms with Crippen molar-refractivity contribution in [2.45, 2.75) is 43.4 Å². The van der Waals surface area contributed by atoms with Crippen LogP contribution in [0.5, 0.6) is 0 Å². The van der Waals surface area contributed by atoms with E-state index in [2.05, 4.69) is 30.6 Å². The van der Waals surface area contributed by atoms with E-state index in [0.717, 1.165) is 11.3 Å². The van der Waals surface area contributed by atoms with E-state index >= 15 is 0 Å². The molecule has 15 heavy (non-hydrogen) atoms. The Balaban J connectivity index is 2.12. The van der Waals surface area contributed by atoms with Crippen molar-refractivity contribution in [2.75, 3.05) is 33.4 Å². The van der Waals surface area contributed by atoms with Crippen LogP contribution in [0.2, 0.25) is 0 Å². The van der Waals surface area contributed by atoms with Crippen LogP contribution in [0.25, 0.3) is 0 Å². The number of nitrogens with zero attached hydrogens (tertiary/aromatic N) is 1. The van der Waals surface area contributed by atoms with Crippen molar-refractivity contribution in [1.29, 1.82) is 0 Å². The average molecular weight is 230 g/mol. The van der Waals surface area contributed by atoms with Crippen molar-refractivity contribution in [1.82, 2.24) is 10.2 Å². The second-order valence-electron chi connectivity index (χ2n) is 4.78. The molecule has 1 fully saturated rings. The molecule has 0 saturated heterocycles. The lowest BCUT2D eigenvalue weighted by molar-refractivity contribution is 0.356. The zero-order valence-electron chi connectivity index (χ0n) is 10.5. The highest BCUT2D eigenvalue weighted by Crippen LogP contribution is 2.26. The maximum atomic E-state index is 3.73. The fourth-order valence-corrected chi connectivity index (χ4v) is 3.26. The van der Waals surface area contributed by atoms with Gasteiger partial charge in [0.25, 0.3) is 0 Å². The Kier molecular flexibility index (Phi) is 6.69. The summed E-state index contributed by atoms with van der Waals surface area (Å²) in [5.74, 6) is 0. The minimum absolute atomic E-state index is 0.774. The van der Waals surface area contributed by atoms with Crippen LogP contribution in [-0.2, 0) is 0 Å². The predicted octanol–water partition coefficient (Wildman–Crippen LogP) is 2.20. The quantitative estimate of drug-likeness (QED) is 0.704. The molecule has 0 aliphatic heterocycles. The molecule has 3 heteroatoms. The van der Waals surface area contributed by atoms with E-state index in [9.17, 15) is 0 Å². The molecule has 1 rings (SSSR count). The van der Waals surface area contributed by atoms with Gasteiger partial charge in [0.2, 0.25) is 0 Å². The van der Waals surface area contributed by atoms with E-state index in [0.29, 0.717) is 0 Å². The zero-order chi connectivity index (χ0) is 11.1. The fourth-order valence-electron chi connectivity index (χ4n) is 2.30. The van der Waals surface area contributed by atoms with Gasteiger partial charge in [0.15, 0.2) is 0 Å². The third-order valence-corrected chi connectivity index (χ3v) is 4.36. The van der Waals surface area contributed by atoms with Gasteiger partial charge in [0, 0.05) is 11.3 Å².